The van der Waals surface area contributed by atoms with E-state index >= 15 is 0 Å². The monoisotopic (exact) mass is 388 g/mol. The summed E-state index contributed by atoms with van der Waals surface area (Å²) in [5.74, 6) is 1.28. The number of aryl methyl sites for hydroxylation is 1. The van der Waals surface area contributed by atoms with Crippen LogP contribution >= 0.6 is 0 Å². The van der Waals surface area contributed by atoms with Gasteiger partial charge in [0, 0.05) is 0 Å². The fourth-order valence-electron chi connectivity index (χ4n) is 5.21. The predicted octanol–water partition coefficient (Wildman–Crippen LogP) is 1.43. The number of carbonyl (C=O) groups is 1. The van der Waals surface area contributed by atoms with Gasteiger partial charge in [0.05, 0.1) is 0 Å². The SMILES string of the molecule is CC(C)c1cc2c(cc1S(=O)(=O)OC=O)[C@@]1(C)CCC[C@@H](C)[C@H]1CC2.[H-].[Na+]. The van der Waals surface area contributed by atoms with Gasteiger partial charge in [0.25, 0.3) is 0 Å². The normalized spacial score (nSPS) is 27.9. The van der Waals surface area contributed by atoms with Crippen LogP contribution in [0.5, 0.6) is 0 Å². The van der Waals surface area contributed by atoms with Gasteiger partial charge in [-0.1, -0.05) is 46.6 Å². The molecule has 3 rings (SSSR count). The first-order valence-corrected chi connectivity index (χ1v) is 10.7. The Morgan fingerprint density at radius 3 is 2.62 bits per heavy atom. The molecule has 1 aromatic carbocycles. The van der Waals surface area contributed by atoms with Gasteiger partial charge in [-0.3, -0.25) is 4.79 Å². The molecule has 4 nitrogen and oxygen atoms in total. The molecule has 0 aromatic heterocycles. The van der Waals surface area contributed by atoms with Gasteiger partial charge in [-0.2, -0.15) is 8.42 Å². The van der Waals surface area contributed by atoms with Crippen LogP contribution in [0.15, 0.2) is 17.0 Å². The summed E-state index contributed by atoms with van der Waals surface area (Å²) in [4.78, 5) is 10.9. The van der Waals surface area contributed by atoms with Crippen molar-refractivity contribution in [1.82, 2.24) is 0 Å². The second-order valence-corrected chi connectivity index (χ2v) is 9.82. The van der Waals surface area contributed by atoms with E-state index in [1.807, 2.05) is 26.0 Å². The Morgan fingerprint density at radius 1 is 1.31 bits per heavy atom. The third kappa shape index (κ3) is 3.65. The fourth-order valence-corrected chi connectivity index (χ4v) is 6.26. The van der Waals surface area contributed by atoms with Crippen molar-refractivity contribution < 1.29 is 48.4 Å². The van der Waals surface area contributed by atoms with Gasteiger partial charge in [0.15, 0.2) is 0 Å². The molecule has 2 aliphatic rings. The average molecular weight is 389 g/mol. The van der Waals surface area contributed by atoms with Crippen molar-refractivity contribution in [2.75, 3.05) is 0 Å². The van der Waals surface area contributed by atoms with Crippen LogP contribution in [-0.4, -0.2) is 14.9 Å². The van der Waals surface area contributed by atoms with Gasteiger partial charge >= 0.3 is 46.1 Å². The zero-order valence-corrected chi connectivity index (χ0v) is 19.4. The maximum absolute atomic E-state index is 12.5. The molecule has 140 valence electrons. The zero-order chi connectivity index (χ0) is 18.4. The molecule has 3 atom stereocenters. The van der Waals surface area contributed by atoms with E-state index in [1.54, 1.807) is 0 Å². The van der Waals surface area contributed by atoms with E-state index in [2.05, 4.69) is 18.0 Å². The van der Waals surface area contributed by atoms with Gasteiger partial charge in [-0.15, -0.1) is 0 Å². The largest absolute Gasteiger partial charge is 1.00 e. The van der Waals surface area contributed by atoms with Crippen LogP contribution in [0.2, 0.25) is 0 Å². The minimum Gasteiger partial charge on any atom is -1.00 e. The van der Waals surface area contributed by atoms with E-state index in [4.69, 9.17) is 0 Å². The second-order valence-electron chi connectivity index (χ2n) is 8.28. The van der Waals surface area contributed by atoms with Gasteiger partial charge in [0.1, 0.15) is 4.90 Å². The van der Waals surface area contributed by atoms with Crippen LogP contribution in [0.1, 0.15) is 77.4 Å². The van der Waals surface area contributed by atoms with Crippen molar-refractivity contribution in [2.45, 2.75) is 76.0 Å². The summed E-state index contributed by atoms with van der Waals surface area (Å²) in [6.07, 6.45) is 5.67. The third-order valence-corrected chi connectivity index (χ3v) is 7.72. The van der Waals surface area contributed by atoms with Crippen molar-refractivity contribution in [3.05, 3.63) is 28.8 Å². The third-order valence-electron chi connectivity index (χ3n) is 6.49. The number of benzene rings is 1. The van der Waals surface area contributed by atoms with Crippen molar-refractivity contribution in [3.63, 3.8) is 0 Å². The Kier molecular flexibility index (Phi) is 6.70. The molecule has 0 radical (unpaired) electrons. The smallest absolute Gasteiger partial charge is 1.00 e. The first-order chi connectivity index (χ1) is 11.7. The maximum Gasteiger partial charge on any atom is 1.00 e. The van der Waals surface area contributed by atoms with Crippen LogP contribution in [0.4, 0.5) is 0 Å². The standard InChI is InChI=1S/C20H28O4S.Na.H/c1-13(2)16-10-15-7-8-17-14(3)6-5-9-20(17,4)18(15)11-19(16)25(22,23)24-12-21;;/h10-14,17H,5-9H2,1-4H3;;/q;+1;-1/t14-,17-,20+;;/m1../s1. The van der Waals surface area contributed by atoms with E-state index < -0.39 is 10.1 Å². The summed E-state index contributed by atoms with van der Waals surface area (Å²) >= 11 is 0. The Morgan fingerprint density at radius 2 is 2.00 bits per heavy atom. The van der Waals surface area contributed by atoms with E-state index in [-0.39, 0.29) is 53.7 Å². The first-order valence-electron chi connectivity index (χ1n) is 9.25. The summed E-state index contributed by atoms with van der Waals surface area (Å²) in [5, 5.41) is 0. The Hall–Kier alpha value is -0.360. The van der Waals surface area contributed by atoms with Gasteiger partial charge in [0.2, 0.25) is 0 Å². The molecule has 0 bridgehead atoms. The molecule has 26 heavy (non-hydrogen) atoms. The number of hydrogen-bond acceptors (Lipinski definition) is 4. The molecule has 0 saturated heterocycles. The molecule has 2 aliphatic carbocycles. The van der Waals surface area contributed by atoms with Crippen molar-refractivity contribution in [3.8, 4) is 0 Å². The summed E-state index contributed by atoms with van der Waals surface area (Å²) < 4.78 is 29.5. The quantitative estimate of drug-likeness (QED) is 0.445. The fraction of sp³-hybridized carbons (Fsp3) is 0.650. The van der Waals surface area contributed by atoms with E-state index in [0.717, 1.165) is 24.0 Å². The van der Waals surface area contributed by atoms with Gasteiger partial charge in [-0.05, 0) is 65.2 Å². The van der Waals surface area contributed by atoms with Crippen LogP contribution in [0, 0.1) is 11.8 Å². The molecule has 0 heterocycles. The molecule has 1 fully saturated rings. The number of hydrogen-bond donors (Lipinski definition) is 0. The van der Waals surface area contributed by atoms with E-state index in [9.17, 15) is 13.2 Å². The van der Waals surface area contributed by atoms with E-state index in [1.165, 1.54) is 24.8 Å². The molecule has 0 unspecified atom stereocenters. The minimum atomic E-state index is -4.07. The van der Waals surface area contributed by atoms with Gasteiger partial charge in [-0.25, -0.2) is 0 Å². The Balaban J connectivity index is 0.00000182. The first kappa shape index (κ1) is 21.9. The predicted molar refractivity (Wildman–Crippen MR) is 98.2 cm³/mol. The van der Waals surface area contributed by atoms with E-state index in [0.29, 0.717) is 11.8 Å². The molecular formula is C20H29NaO4S. The molecular weight excluding hydrogens is 359 g/mol. The number of rotatable bonds is 4. The van der Waals surface area contributed by atoms with Crippen molar-refractivity contribution >= 4 is 16.6 Å². The van der Waals surface area contributed by atoms with Crippen LogP contribution in [-0.2, 0) is 30.9 Å². The van der Waals surface area contributed by atoms with Crippen molar-refractivity contribution in [2.24, 2.45) is 11.8 Å². The molecule has 6 heteroatoms. The van der Waals surface area contributed by atoms with Crippen molar-refractivity contribution in [1.29, 1.82) is 0 Å². The number of fused-ring (bicyclic) bond motifs is 3. The number of carbonyl (C=O) groups excluding carboxylic acids is 1. The topological polar surface area (TPSA) is 60.4 Å². The molecule has 1 aromatic rings. The van der Waals surface area contributed by atoms with Crippen LogP contribution in [0.3, 0.4) is 0 Å². The Bertz CT molecular complexity index is 793. The average Bonchev–Trinajstić information content (AvgIpc) is 2.53. The summed E-state index contributed by atoms with van der Waals surface area (Å²) in [7, 11) is -4.07. The molecule has 0 amide bonds. The maximum atomic E-state index is 12.5. The summed E-state index contributed by atoms with van der Waals surface area (Å²) in [6, 6.07) is 3.86. The van der Waals surface area contributed by atoms with Crippen LogP contribution < -0.4 is 29.6 Å². The summed E-state index contributed by atoms with van der Waals surface area (Å²) in [5.41, 5.74) is 3.16. The molecule has 1 saturated carbocycles. The second kappa shape index (κ2) is 7.94. The van der Waals surface area contributed by atoms with Crippen LogP contribution in [0.25, 0.3) is 0 Å². The Labute approximate surface area is 181 Å². The zero-order valence-electron chi connectivity index (χ0n) is 17.5. The minimum absolute atomic E-state index is 0. The van der Waals surface area contributed by atoms with Gasteiger partial charge < -0.3 is 5.61 Å². The molecule has 0 spiro atoms. The molecule has 0 aliphatic heterocycles. The summed E-state index contributed by atoms with van der Waals surface area (Å²) in [6.45, 7) is 8.56. The molecule has 0 N–H and O–H groups in total.